The average molecular weight is 240 g/mol. The van der Waals surface area contributed by atoms with Crippen molar-refractivity contribution in [2.24, 2.45) is 11.8 Å². The van der Waals surface area contributed by atoms with Crippen molar-refractivity contribution in [1.29, 1.82) is 0 Å². The zero-order chi connectivity index (χ0) is 12.3. The second-order valence-corrected chi connectivity index (χ2v) is 4.97. The highest BCUT2D eigenvalue weighted by molar-refractivity contribution is 5.85. The van der Waals surface area contributed by atoms with Gasteiger partial charge in [-0.3, -0.25) is 4.79 Å². The Balaban J connectivity index is 1.80. The molecule has 1 unspecified atom stereocenters. The van der Waals surface area contributed by atoms with E-state index in [1.54, 1.807) is 0 Å². The van der Waals surface area contributed by atoms with Crippen LogP contribution in [-0.2, 0) is 14.3 Å². The van der Waals surface area contributed by atoms with Crippen molar-refractivity contribution in [2.45, 2.75) is 31.7 Å². The number of hydrogen-bond acceptors (Lipinski definition) is 4. The van der Waals surface area contributed by atoms with Crippen molar-refractivity contribution < 1.29 is 14.3 Å². The smallest absolute Gasteiger partial charge is 0.328 e. The maximum atomic E-state index is 11.8. The normalized spacial score (nSPS) is 25.4. The van der Waals surface area contributed by atoms with Crippen molar-refractivity contribution >= 4 is 11.9 Å². The molecule has 0 aromatic carbocycles. The molecule has 2 aliphatic rings. The fourth-order valence-corrected chi connectivity index (χ4v) is 2.31. The monoisotopic (exact) mass is 240 g/mol. The summed E-state index contributed by atoms with van der Waals surface area (Å²) in [5, 5.41) is 6.04. The third-order valence-corrected chi connectivity index (χ3v) is 3.50. The number of ether oxygens (including phenoxy) is 1. The van der Waals surface area contributed by atoms with Crippen molar-refractivity contribution in [3.05, 3.63) is 0 Å². The largest absolute Gasteiger partial charge is 0.467 e. The predicted octanol–water partition coefficient (Wildman–Crippen LogP) is 0.0538. The Kier molecular flexibility index (Phi) is 3.99. The minimum absolute atomic E-state index is 0.0269. The van der Waals surface area contributed by atoms with E-state index in [9.17, 15) is 9.59 Å². The van der Waals surface area contributed by atoms with Gasteiger partial charge < -0.3 is 15.4 Å². The molecule has 1 saturated carbocycles. The van der Waals surface area contributed by atoms with Gasteiger partial charge in [0.25, 0.3) is 0 Å². The van der Waals surface area contributed by atoms with Gasteiger partial charge in [0.05, 0.1) is 7.11 Å². The molecule has 96 valence electrons. The molecular weight excluding hydrogens is 220 g/mol. The zero-order valence-corrected chi connectivity index (χ0v) is 10.2. The van der Waals surface area contributed by atoms with Crippen LogP contribution in [0.4, 0.5) is 0 Å². The average Bonchev–Trinajstić information content (AvgIpc) is 3.04. The third-order valence-electron chi connectivity index (χ3n) is 3.50. The lowest BCUT2D eigenvalue weighted by Gasteiger charge is -2.17. The molecule has 17 heavy (non-hydrogen) atoms. The van der Waals surface area contributed by atoms with Crippen molar-refractivity contribution in [3.8, 4) is 0 Å². The summed E-state index contributed by atoms with van der Waals surface area (Å²) in [6, 6.07) is -0.429. The fraction of sp³-hybridized carbons (Fsp3) is 0.833. The summed E-state index contributed by atoms with van der Waals surface area (Å²) < 4.78 is 4.72. The van der Waals surface area contributed by atoms with Gasteiger partial charge in [0.1, 0.15) is 6.04 Å². The summed E-state index contributed by atoms with van der Waals surface area (Å²) in [5.74, 6) is 0.354. The van der Waals surface area contributed by atoms with Crippen LogP contribution in [0.5, 0.6) is 0 Å². The molecule has 0 radical (unpaired) electrons. The number of rotatable bonds is 5. The van der Waals surface area contributed by atoms with E-state index < -0.39 is 6.04 Å². The highest BCUT2D eigenvalue weighted by Crippen LogP contribution is 2.33. The Bertz CT molecular complexity index is 296. The molecule has 1 aliphatic carbocycles. The quantitative estimate of drug-likeness (QED) is 0.667. The van der Waals surface area contributed by atoms with E-state index in [0.717, 1.165) is 32.4 Å². The summed E-state index contributed by atoms with van der Waals surface area (Å²) in [6.45, 7) is 1.89. The number of amides is 1. The van der Waals surface area contributed by atoms with Crippen LogP contribution in [-0.4, -0.2) is 38.1 Å². The molecule has 1 heterocycles. The van der Waals surface area contributed by atoms with E-state index in [1.165, 1.54) is 7.11 Å². The Morgan fingerprint density at radius 3 is 2.71 bits per heavy atom. The van der Waals surface area contributed by atoms with Crippen LogP contribution in [0.2, 0.25) is 0 Å². The summed E-state index contributed by atoms with van der Waals surface area (Å²) in [7, 11) is 1.37. The Morgan fingerprint density at radius 2 is 2.18 bits per heavy atom. The first-order chi connectivity index (χ1) is 8.20. The number of hydrogen-bond donors (Lipinski definition) is 2. The predicted molar refractivity (Wildman–Crippen MR) is 62.3 cm³/mol. The van der Waals surface area contributed by atoms with E-state index in [1.807, 2.05) is 0 Å². The van der Waals surface area contributed by atoms with Gasteiger partial charge in [0.2, 0.25) is 5.91 Å². The highest BCUT2D eigenvalue weighted by atomic mass is 16.5. The molecule has 5 nitrogen and oxygen atoms in total. The molecule has 0 bridgehead atoms. The van der Waals surface area contributed by atoms with Gasteiger partial charge in [-0.05, 0) is 44.2 Å². The first-order valence-corrected chi connectivity index (χ1v) is 6.28. The Hall–Kier alpha value is -1.10. The van der Waals surface area contributed by atoms with E-state index in [-0.39, 0.29) is 17.8 Å². The van der Waals surface area contributed by atoms with Crippen molar-refractivity contribution in [3.63, 3.8) is 0 Å². The first-order valence-electron chi connectivity index (χ1n) is 6.28. The van der Waals surface area contributed by atoms with Crippen LogP contribution in [0.25, 0.3) is 0 Å². The van der Waals surface area contributed by atoms with E-state index in [2.05, 4.69) is 10.6 Å². The number of carbonyl (C=O) groups is 2. The van der Waals surface area contributed by atoms with Crippen molar-refractivity contribution in [1.82, 2.24) is 10.6 Å². The van der Waals surface area contributed by atoms with Crippen LogP contribution in [0.3, 0.4) is 0 Å². The number of esters is 1. The molecule has 2 rings (SSSR count). The topological polar surface area (TPSA) is 67.4 Å². The molecule has 2 atom stereocenters. The molecule has 1 amide bonds. The third kappa shape index (κ3) is 3.43. The van der Waals surface area contributed by atoms with Crippen LogP contribution < -0.4 is 10.6 Å². The molecule has 2 N–H and O–H groups in total. The number of methoxy groups -OCH3 is 1. The number of carbonyl (C=O) groups excluding carboxylic acids is 2. The van der Waals surface area contributed by atoms with Crippen LogP contribution >= 0.6 is 0 Å². The maximum Gasteiger partial charge on any atom is 0.328 e. The zero-order valence-electron chi connectivity index (χ0n) is 10.2. The van der Waals surface area contributed by atoms with Gasteiger partial charge in [-0.15, -0.1) is 0 Å². The molecular formula is C12H20N2O3. The van der Waals surface area contributed by atoms with Crippen molar-refractivity contribution in [2.75, 3.05) is 20.2 Å². The van der Waals surface area contributed by atoms with E-state index in [4.69, 9.17) is 4.74 Å². The van der Waals surface area contributed by atoms with Gasteiger partial charge in [0, 0.05) is 6.42 Å². The van der Waals surface area contributed by atoms with Gasteiger partial charge in [-0.25, -0.2) is 4.79 Å². The summed E-state index contributed by atoms with van der Waals surface area (Å²) in [6.07, 6.45) is 3.56. The summed E-state index contributed by atoms with van der Waals surface area (Å²) in [5.41, 5.74) is 0. The fourth-order valence-electron chi connectivity index (χ4n) is 2.31. The van der Waals surface area contributed by atoms with E-state index in [0.29, 0.717) is 12.3 Å². The molecule has 0 aromatic heterocycles. The molecule has 0 aromatic rings. The lowest BCUT2D eigenvalue weighted by atomic mass is 10.0. The van der Waals surface area contributed by atoms with Gasteiger partial charge in [-0.1, -0.05) is 0 Å². The van der Waals surface area contributed by atoms with Gasteiger partial charge >= 0.3 is 5.97 Å². The molecule has 1 aliphatic heterocycles. The second-order valence-electron chi connectivity index (χ2n) is 4.97. The lowest BCUT2D eigenvalue weighted by molar-refractivity contribution is -0.145. The second kappa shape index (κ2) is 5.49. The Labute approximate surface area is 101 Å². The molecule has 5 heteroatoms. The minimum atomic E-state index is -0.429. The van der Waals surface area contributed by atoms with Gasteiger partial charge in [-0.2, -0.15) is 0 Å². The van der Waals surface area contributed by atoms with E-state index >= 15 is 0 Å². The first kappa shape index (κ1) is 12.4. The SMILES string of the molecule is COC(=O)C(NC(=O)C[C@@H]1CCNC1)C1CC1. The molecule has 0 spiro atoms. The Morgan fingerprint density at radius 1 is 1.41 bits per heavy atom. The van der Waals surface area contributed by atoms with Gasteiger partial charge in [0.15, 0.2) is 0 Å². The summed E-state index contributed by atoms with van der Waals surface area (Å²) >= 11 is 0. The molecule has 1 saturated heterocycles. The number of nitrogens with one attached hydrogen (secondary N) is 2. The lowest BCUT2D eigenvalue weighted by Crippen LogP contribution is -2.43. The van der Waals surface area contributed by atoms with Crippen LogP contribution in [0.1, 0.15) is 25.7 Å². The molecule has 2 fully saturated rings. The van der Waals surface area contributed by atoms with Crippen LogP contribution in [0.15, 0.2) is 0 Å². The van der Waals surface area contributed by atoms with Crippen LogP contribution in [0, 0.1) is 11.8 Å². The highest BCUT2D eigenvalue weighted by Gasteiger charge is 2.38. The minimum Gasteiger partial charge on any atom is -0.467 e. The summed E-state index contributed by atoms with van der Waals surface area (Å²) in [4.78, 5) is 23.3. The maximum absolute atomic E-state index is 11.8. The standard InChI is InChI=1S/C12H20N2O3/c1-17-12(16)11(9-2-3-9)14-10(15)6-8-4-5-13-7-8/h8-9,11,13H,2-7H2,1H3,(H,14,15)/t8-,11?/m0/s1.